The summed E-state index contributed by atoms with van der Waals surface area (Å²) in [7, 11) is 1.47. The maximum atomic E-state index is 13.5. The molecule has 0 aliphatic rings. The Morgan fingerprint density at radius 1 is 0.474 bits per heavy atom. The smallest absolute Gasteiger partial charge is 0.456 e. The molecule has 0 spiro atoms. The minimum absolute atomic E-state index is 0.0323. The van der Waals surface area contributed by atoms with Gasteiger partial charge in [0.2, 0.25) is 5.91 Å². The minimum atomic E-state index is -4.46. The molecule has 1 amide bonds. The van der Waals surface area contributed by atoms with Gasteiger partial charge in [-0.25, -0.2) is 4.57 Å². The van der Waals surface area contributed by atoms with Crippen molar-refractivity contribution in [3.8, 4) is 0 Å². The van der Waals surface area contributed by atoms with Gasteiger partial charge >= 0.3 is 13.8 Å². The molecule has 76 heavy (non-hydrogen) atoms. The van der Waals surface area contributed by atoms with E-state index in [0.29, 0.717) is 23.9 Å². The molecule has 0 aromatic rings. The maximum absolute atomic E-state index is 13.5. The average molecular weight is 1090 g/mol. The van der Waals surface area contributed by atoms with Crippen LogP contribution in [0.4, 0.5) is 0 Å². The first kappa shape index (κ1) is 73.5. The van der Waals surface area contributed by atoms with Crippen molar-refractivity contribution >= 4 is 19.7 Å². The number of hydrogen-bond donors (Lipinski definition) is 2. The summed E-state index contributed by atoms with van der Waals surface area (Å²) < 4.78 is 30.7. The van der Waals surface area contributed by atoms with E-state index in [1.54, 1.807) is 0 Å². The van der Waals surface area contributed by atoms with Crippen molar-refractivity contribution in [2.75, 3.05) is 40.9 Å². The van der Waals surface area contributed by atoms with E-state index >= 15 is 0 Å². The fourth-order valence-corrected chi connectivity index (χ4v) is 9.76. The van der Waals surface area contributed by atoms with Gasteiger partial charge in [-0.3, -0.25) is 18.6 Å². The third kappa shape index (κ3) is 56.2. The summed E-state index contributed by atoms with van der Waals surface area (Å²) in [5, 5.41) is 3.04. The monoisotopic (exact) mass is 1090 g/mol. The van der Waals surface area contributed by atoms with Crippen molar-refractivity contribution in [3.05, 3.63) is 72.9 Å². The lowest BCUT2D eigenvalue weighted by molar-refractivity contribution is -0.870. The van der Waals surface area contributed by atoms with E-state index in [4.69, 9.17) is 13.8 Å². The highest BCUT2D eigenvalue weighted by atomic mass is 31.2. The predicted molar refractivity (Wildman–Crippen MR) is 328 cm³/mol. The summed E-state index contributed by atoms with van der Waals surface area (Å²) >= 11 is 0. The fraction of sp³-hybridized carbons (Fsp3) is 0.788. The van der Waals surface area contributed by atoms with Gasteiger partial charge in [0, 0.05) is 12.8 Å². The molecule has 3 unspecified atom stereocenters. The Morgan fingerprint density at radius 3 is 1.28 bits per heavy atom. The molecule has 3 atom stereocenters. The van der Waals surface area contributed by atoms with Crippen LogP contribution >= 0.6 is 7.82 Å². The Kier molecular flexibility index (Phi) is 53.9. The van der Waals surface area contributed by atoms with Gasteiger partial charge in [0.1, 0.15) is 19.3 Å². The van der Waals surface area contributed by atoms with Gasteiger partial charge in [0.25, 0.3) is 0 Å². The number of likely N-dealkylation sites (N-methyl/N-ethyl adjacent to an activating group) is 1. The van der Waals surface area contributed by atoms with Crippen molar-refractivity contribution in [2.45, 2.75) is 296 Å². The van der Waals surface area contributed by atoms with Crippen LogP contribution < -0.4 is 5.32 Å². The van der Waals surface area contributed by atoms with Crippen molar-refractivity contribution in [2.24, 2.45) is 0 Å². The quantitative estimate of drug-likeness (QED) is 0.0205. The summed E-state index contributed by atoms with van der Waals surface area (Å²) in [6.45, 7) is 6.89. The third-order valence-electron chi connectivity index (χ3n) is 13.9. The van der Waals surface area contributed by atoms with Crippen molar-refractivity contribution in [3.63, 3.8) is 0 Å². The molecule has 0 bridgehead atoms. The van der Waals surface area contributed by atoms with E-state index in [-0.39, 0.29) is 31.5 Å². The van der Waals surface area contributed by atoms with Crippen LogP contribution in [-0.4, -0.2) is 74.3 Å². The van der Waals surface area contributed by atoms with Crippen LogP contribution in [-0.2, 0) is 27.9 Å². The van der Waals surface area contributed by atoms with Crippen LogP contribution in [0.5, 0.6) is 0 Å². The number of phosphoric ester groups is 1. The number of rotatable bonds is 57. The largest absolute Gasteiger partial charge is 0.472 e. The van der Waals surface area contributed by atoms with Crippen LogP contribution in [0.2, 0.25) is 0 Å². The Labute approximate surface area is 470 Å². The number of amides is 1. The van der Waals surface area contributed by atoms with Crippen molar-refractivity contribution in [1.29, 1.82) is 0 Å². The molecule has 0 aliphatic heterocycles. The first-order valence-electron chi connectivity index (χ1n) is 31.8. The number of carbonyl (C=O) groups excluding carboxylic acids is 2. The Balaban J connectivity index is 5.28. The second-order valence-electron chi connectivity index (χ2n) is 22.6. The summed E-state index contributed by atoms with van der Waals surface area (Å²) in [5.41, 5.74) is 0. The first-order valence-corrected chi connectivity index (χ1v) is 33.3. The third-order valence-corrected chi connectivity index (χ3v) is 14.9. The van der Waals surface area contributed by atoms with Crippen LogP contribution in [0.1, 0.15) is 284 Å². The van der Waals surface area contributed by atoms with Gasteiger partial charge in [-0.2, -0.15) is 0 Å². The summed E-state index contributed by atoms with van der Waals surface area (Å²) in [4.78, 5) is 37.7. The van der Waals surface area contributed by atoms with Gasteiger partial charge in [0.15, 0.2) is 0 Å². The molecule has 442 valence electrons. The summed E-state index contributed by atoms with van der Waals surface area (Å²) in [6.07, 6.45) is 71.9. The normalized spacial score (nSPS) is 14.1. The minimum Gasteiger partial charge on any atom is -0.456 e. The Hall–Kier alpha value is -2.55. The fourth-order valence-electron chi connectivity index (χ4n) is 9.03. The number of hydrogen-bond acceptors (Lipinski definition) is 6. The lowest BCUT2D eigenvalue weighted by Gasteiger charge is -2.27. The number of carbonyl (C=O) groups is 2. The number of allylic oxidation sites excluding steroid dienone is 11. The highest BCUT2D eigenvalue weighted by molar-refractivity contribution is 7.47. The molecule has 9 nitrogen and oxygen atoms in total. The molecule has 0 rings (SSSR count). The molecule has 0 saturated carbocycles. The molecule has 0 heterocycles. The zero-order valence-electron chi connectivity index (χ0n) is 50.5. The van der Waals surface area contributed by atoms with Crippen LogP contribution in [0, 0.1) is 0 Å². The molecule has 0 aromatic carbocycles. The number of unbranched alkanes of at least 4 members (excludes halogenated alkanes) is 31. The van der Waals surface area contributed by atoms with Crippen molar-refractivity contribution < 1.29 is 37.3 Å². The molecule has 0 saturated heterocycles. The van der Waals surface area contributed by atoms with Crippen LogP contribution in [0.25, 0.3) is 0 Å². The van der Waals surface area contributed by atoms with Gasteiger partial charge in [-0.05, 0) is 76.7 Å². The van der Waals surface area contributed by atoms with Gasteiger partial charge < -0.3 is 19.4 Å². The topological polar surface area (TPSA) is 111 Å². The predicted octanol–water partition coefficient (Wildman–Crippen LogP) is 19.6. The second-order valence-corrected chi connectivity index (χ2v) is 24.0. The number of nitrogens with one attached hydrogen (secondary N) is 1. The molecular weight excluding hydrogens is 964 g/mol. The SMILES string of the molecule is CC/C=C\C/C=C\C/C=C\C/C=C\C/C=C\CCCCCC(=O)NC(COP(=O)(O)OCC[N+](C)(C)C)C(/C=C/CCCCCCCCCCCC)OC(=O)CCCCCCCCCCCCCCCCCCCCC. The molecular formula is C66H122N2O7P+. The number of ether oxygens (including phenoxy) is 1. The molecule has 0 aliphatic carbocycles. The molecule has 0 fully saturated rings. The number of nitrogens with zero attached hydrogens (tertiary/aromatic N) is 1. The highest BCUT2D eigenvalue weighted by Crippen LogP contribution is 2.43. The average Bonchev–Trinajstić information content (AvgIpc) is 3.38. The zero-order chi connectivity index (χ0) is 55.7. The summed E-state index contributed by atoms with van der Waals surface area (Å²) in [6, 6.07) is -0.866. The first-order chi connectivity index (χ1) is 36.9. The molecule has 0 radical (unpaired) electrons. The van der Waals surface area contributed by atoms with E-state index in [1.807, 2.05) is 33.3 Å². The lowest BCUT2D eigenvalue weighted by atomic mass is 10.0. The lowest BCUT2D eigenvalue weighted by Crippen LogP contribution is -2.47. The molecule has 2 N–H and O–H groups in total. The van der Waals surface area contributed by atoms with Crippen LogP contribution in [0.15, 0.2) is 72.9 Å². The van der Waals surface area contributed by atoms with E-state index < -0.39 is 20.0 Å². The summed E-state index contributed by atoms with van der Waals surface area (Å²) in [5.74, 6) is -0.536. The number of quaternary nitrogens is 1. The van der Waals surface area contributed by atoms with E-state index in [2.05, 4.69) is 86.8 Å². The van der Waals surface area contributed by atoms with E-state index in [9.17, 15) is 19.0 Å². The van der Waals surface area contributed by atoms with Gasteiger partial charge in [-0.1, -0.05) is 267 Å². The number of esters is 1. The Bertz CT molecular complexity index is 1530. The van der Waals surface area contributed by atoms with Crippen LogP contribution in [0.3, 0.4) is 0 Å². The van der Waals surface area contributed by atoms with Gasteiger partial charge in [-0.15, -0.1) is 0 Å². The molecule has 0 aromatic heterocycles. The standard InChI is InChI=1S/C66H121N2O7P/c1-7-10-13-16-19-22-25-28-30-32-34-36-38-40-43-46-49-52-55-58-65(69)67-63(62-74-76(71,72)73-61-60-68(4,5)6)64(57-54-51-48-45-42-27-24-21-18-15-12-9-3)75-66(70)59-56-53-50-47-44-41-39-37-35-33-31-29-26-23-20-17-14-11-8-2/h10,13,19,22,28,30,34,36,40,43,54,57,63-64H,7-9,11-12,14-18,20-21,23-27,29,31-33,35,37-39,41-42,44-53,55-56,58-62H2,1-6H3,(H-,67,69,71,72)/p+1/b13-10-,22-19-,30-28-,36-34-,43-40-,57-54+. The zero-order valence-corrected chi connectivity index (χ0v) is 51.4. The second kappa shape index (κ2) is 55.8. The Morgan fingerprint density at radius 2 is 0.842 bits per heavy atom. The number of phosphoric acid groups is 1. The van der Waals surface area contributed by atoms with Gasteiger partial charge in [0.05, 0.1) is 33.8 Å². The molecule has 10 heteroatoms. The van der Waals surface area contributed by atoms with E-state index in [0.717, 1.165) is 89.9 Å². The van der Waals surface area contributed by atoms with Crippen molar-refractivity contribution in [1.82, 2.24) is 5.32 Å². The van der Waals surface area contributed by atoms with E-state index in [1.165, 1.54) is 154 Å². The highest BCUT2D eigenvalue weighted by Gasteiger charge is 2.30. The maximum Gasteiger partial charge on any atom is 0.472 e.